The van der Waals surface area contributed by atoms with E-state index in [1.54, 1.807) is 18.2 Å². The van der Waals surface area contributed by atoms with Gasteiger partial charge in [0.25, 0.3) is 0 Å². The number of anilines is 3. The topological polar surface area (TPSA) is 93.0 Å². The third kappa shape index (κ3) is 4.07. The maximum absolute atomic E-state index is 11.4. The Balaban J connectivity index is 2.36. The lowest BCUT2D eigenvalue weighted by molar-refractivity contribution is -0.383. The summed E-state index contributed by atoms with van der Waals surface area (Å²) >= 11 is 6.08. The number of halogens is 1. The van der Waals surface area contributed by atoms with Gasteiger partial charge in [-0.05, 0) is 31.0 Å². The lowest BCUT2D eigenvalue weighted by atomic mass is 10.2. The van der Waals surface area contributed by atoms with Crippen molar-refractivity contribution in [1.82, 2.24) is 9.97 Å². The zero-order chi connectivity index (χ0) is 16.8. The van der Waals surface area contributed by atoms with Crippen molar-refractivity contribution in [1.29, 1.82) is 0 Å². The van der Waals surface area contributed by atoms with Crippen molar-refractivity contribution in [2.45, 2.75) is 26.7 Å². The predicted molar refractivity (Wildman–Crippen MR) is 91.6 cm³/mol. The van der Waals surface area contributed by atoms with Gasteiger partial charge < -0.3 is 10.6 Å². The Morgan fingerprint density at radius 3 is 2.74 bits per heavy atom. The molecule has 0 saturated carbocycles. The molecule has 0 saturated heterocycles. The van der Waals surface area contributed by atoms with Crippen LogP contribution in [0.1, 0.15) is 25.3 Å². The number of aromatic nitrogens is 2. The Hall–Kier alpha value is -2.41. The summed E-state index contributed by atoms with van der Waals surface area (Å²) in [7, 11) is 0. The minimum atomic E-state index is -0.490. The second-order valence-electron chi connectivity index (χ2n) is 4.99. The standard InChI is InChI=1S/C15H18ClN5O2/c1-3-4-8-17-14-13(21(22)23)15(19-9-18-14)20-12-7-5-6-11(16)10(12)2/h5-7,9H,3-4,8H2,1-2H3,(H2,17,18,19,20). The number of nitrogens with one attached hydrogen (secondary N) is 2. The fraction of sp³-hybridized carbons (Fsp3) is 0.333. The minimum absolute atomic E-state index is 0.134. The van der Waals surface area contributed by atoms with E-state index in [-0.39, 0.29) is 17.3 Å². The molecule has 1 aromatic carbocycles. The van der Waals surface area contributed by atoms with E-state index < -0.39 is 4.92 Å². The second kappa shape index (κ2) is 7.73. The first-order chi connectivity index (χ1) is 11.0. The van der Waals surface area contributed by atoms with Crippen LogP contribution in [0.15, 0.2) is 24.5 Å². The molecule has 0 aliphatic rings. The van der Waals surface area contributed by atoms with Gasteiger partial charge in [0, 0.05) is 17.3 Å². The van der Waals surface area contributed by atoms with Gasteiger partial charge >= 0.3 is 5.69 Å². The van der Waals surface area contributed by atoms with Crippen LogP contribution in [0.25, 0.3) is 0 Å². The molecule has 0 fully saturated rings. The lowest BCUT2D eigenvalue weighted by Crippen LogP contribution is -2.09. The Labute approximate surface area is 139 Å². The van der Waals surface area contributed by atoms with Gasteiger partial charge in [-0.3, -0.25) is 10.1 Å². The fourth-order valence-corrected chi connectivity index (χ4v) is 2.20. The average Bonchev–Trinajstić information content (AvgIpc) is 2.52. The summed E-state index contributed by atoms with van der Waals surface area (Å²) < 4.78 is 0. The number of nitrogens with zero attached hydrogens (tertiary/aromatic N) is 3. The van der Waals surface area contributed by atoms with Gasteiger partial charge in [-0.2, -0.15) is 0 Å². The molecule has 0 aliphatic heterocycles. The largest absolute Gasteiger partial charge is 0.364 e. The third-order valence-corrected chi connectivity index (χ3v) is 3.76. The normalized spacial score (nSPS) is 10.4. The summed E-state index contributed by atoms with van der Waals surface area (Å²) in [6.45, 7) is 4.49. The summed E-state index contributed by atoms with van der Waals surface area (Å²) in [6, 6.07) is 5.32. The number of benzene rings is 1. The SMILES string of the molecule is CCCCNc1ncnc(Nc2cccc(Cl)c2C)c1[N+](=O)[O-]. The van der Waals surface area contributed by atoms with Crippen LogP contribution in [0.3, 0.4) is 0 Å². The molecule has 0 spiro atoms. The third-order valence-electron chi connectivity index (χ3n) is 3.35. The number of nitro groups is 1. The number of hydrogen-bond acceptors (Lipinski definition) is 6. The molecule has 7 nitrogen and oxygen atoms in total. The maximum atomic E-state index is 11.4. The quantitative estimate of drug-likeness (QED) is 0.445. The summed E-state index contributed by atoms with van der Waals surface area (Å²) in [5.74, 6) is 0.343. The second-order valence-corrected chi connectivity index (χ2v) is 5.40. The van der Waals surface area contributed by atoms with Crippen molar-refractivity contribution < 1.29 is 4.92 Å². The van der Waals surface area contributed by atoms with Gasteiger partial charge in [-0.15, -0.1) is 0 Å². The van der Waals surface area contributed by atoms with Crippen LogP contribution in [-0.4, -0.2) is 21.4 Å². The van der Waals surface area contributed by atoms with E-state index in [1.807, 2.05) is 13.8 Å². The zero-order valence-corrected chi connectivity index (χ0v) is 13.7. The molecule has 0 atom stereocenters. The highest BCUT2D eigenvalue weighted by molar-refractivity contribution is 6.31. The van der Waals surface area contributed by atoms with Crippen molar-refractivity contribution in [2.75, 3.05) is 17.2 Å². The van der Waals surface area contributed by atoms with E-state index in [0.717, 1.165) is 18.4 Å². The highest BCUT2D eigenvalue weighted by Gasteiger charge is 2.23. The Bertz CT molecular complexity index is 708. The number of unbranched alkanes of at least 4 members (excludes halogenated alkanes) is 1. The molecule has 1 heterocycles. The van der Waals surface area contributed by atoms with E-state index in [4.69, 9.17) is 11.6 Å². The van der Waals surface area contributed by atoms with E-state index in [2.05, 4.69) is 20.6 Å². The van der Waals surface area contributed by atoms with Gasteiger partial charge in [0.1, 0.15) is 6.33 Å². The van der Waals surface area contributed by atoms with Crippen LogP contribution in [0.2, 0.25) is 5.02 Å². The Kier molecular flexibility index (Phi) is 5.70. The van der Waals surface area contributed by atoms with Gasteiger partial charge in [0.05, 0.1) is 4.92 Å². The molecular weight excluding hydrogens is 318 g/mol. The molecule has 2 rings (SSSR count). The van der Waals surface area contributed by atoms with Crippen LogP contribution in [0.5, 0.6) is 0 Å². The van der Waals surface area contributed by atoms with Crippen LogP contribution < -0.4 is 10.6 Å². The van der Waals surface area contributed by atoms with Gasteiger partial charge in [0.2, 0.25) is 11.6 Å². The lowest BCUT2D eigenvalue weighted by Gasteiger charge is -2.12. The van der Waals surface area contributed by atoms with E-state index in [9.17, 15) is 10.1 Å². The monoisotopic (exact) mass is 335 g/mol. The molecule has 2 aromatic rings. The highest BCUT2D eigenvalue weighted by atomic mass is 35.5. The number of rotatable bonds is 7. The smallest absolute Gasteiger partial charge is 0.353 e. The summed E-state index contributed by atoms with van der Waals surface area (Å²) in [6.07, 6.45) is 3.18. The molecule has 0 aliphatic carbocycles. The Morgan fingerprint density at radius 2 is 2.04 bits per heavy atom. The van der Waals surface area contributed by atoms with Gasteiger partial charge in [0.15, 0.2) is 0 Å². The molecule has 122 valence electrons. The van der Waals surface area contributed by atoms with Crippen molar-refractivity contribution in [2.24, 2.45) is 0 Å². The van der Waals surface area contributed by atoms with E-state index >= 15 is 0 Å². The van der Waals surface area contributed by atoms with Gasteiger partial charge in [-0.25, -0.2) is 9.97 Å². The minimum Gasteiger partial charge on any atom is -0.364 e. The molecule has 2 N–H and O–H groups in total. The van der Waals surface area contributed by atoms with Crippen molar-refractivity contribution in [3.63, 3.8) is 0 Å². The first kappa shape index (κ1) is 17.0. The summed E-state index contributed by atoms with van der Waals surface area (Å²) in [4.78, 5) is 18.9. The average molecular weight is 336 g/mol. The molecule has 8 heteroatoms. The summed E-state index contributed by atoms with van der Waals surface area (Å²) in [5.41, 5.74) is 1.28. The van der Waals surface area contributed by atoms with Gasteiger partial charge in [-0.1, -0.05) is 31.0 Å². The van der Waals surface area contributed by atoms with E-state index in [0.29, 0.717) is 17.3 Å². The molecule has 1 aromatic heterocycles. The van der Waals surface area contributed by atoms with Crippen LogP contribution >= 0.6 is 11.6 Å². The molecule has 0 radical (unpaired) electrons. The van der Waals surface area contributed by atoms with E-state index in [1.165, 1.54) is 6.33 Å². The molecule has 0 bridgehead atoms. The first-order valence-electron chi connectivity index (χ1n) is 7.30. The van der Waals surface area contributed by atoms with Crippen molar-refractivity contribution >= 4 is 34.6 Å². The zero-order valence-electron chi connectivity index (χ0n) is 13.0. The Morgan fingerprint density at radius 1 is 1.30 bits per heavy atom. The molecule has 0 amide bonds. The summed E-state index contributed by atoms with van der Waals surface area (Å²) in [5, 5.41) is 18.0. The number of hydrogen-bond donors (Lipinski definition) is 2. The van der Waals surface area contributed by atoms with Crippen molar-refractivity contribution in [3.05, 3.63) is 45.2 Å². The van der Waals surface area contributed by atoms with Crippen LogP contribution in [-0.2, 0) is 0 Å². The molecule has 0 unspecified atom stereocenters. The highest BCUT2D eigenvalue weighted by Crippen LogP contribution is 2.33. The van der Waals surface area contributed by atoms with Crippen LogP contribution in [0.4, 0.5) is 23.0 Å². The molecular formula is C15H18ClN5O2. The maximum Gasteiger partial charge on any atom is 0.353 e. The van der Waals surface area contributed by atoms with Crippen molar-refractivity contribution in [3.8, 4) is 0 Å². The fourth-order valence-electron chi connectivity index (χ4n) is 2.03. The van der Waals surface area contributed by atoms with Crippen LogP contribution in [0, 0.1) is 17.0 Å². The predicted octanol–water partition coefficient (Wildman–Crippen LogP) is 4.30. The molecule has 23 heavy (non-hydrogen) atoms. The first-order valence-corrected chi connectivity index (χ1v) is 7.67.